The van der Waals surface area contributed by atoms with E-state index in [1.54, 1.807) is 13.8 Å². The molecular formula is C9H13NO3S2. The van der Waals surface area contributed by atoms with Crippen molar-refractivity contribution in [1.82, 2.24) is 4.73 Å². The fourth-order valence-electron chi connectivity index (χ4n) is 0.727. The van der Waals surface area contributed by atoms with Crippen LogP contribution in [0.3, 0.4) is 0 Å². The van der Waals surface area contributed by atoms with Gasteiger partial charge in [0.25, 0.3) is 0 Å². The predicted molar refractivity (Wildman–Crippen MR) is 60.5 cm³/mol. The molecule has 1 heterocycles. The van der Waals surface area contributed by atoms with E-state index in [4.69, 9.17) is 17.1 Å². The highest BCUT2D eigenvalue weighted by Crippen LogP contribution is 2.22. The van der Waals surface area contributed by atoms with Crippen molar-refractivity contribution in [2.24, 2.45) is 5.41 Å². The van der Waals surface area contributed by atoms with Crippen LogP contribution >= 0.6 is 23.6 Å². The molecule has 0 aliphatic heterocycles. The number of rotatable bonds is 3. The molecule has 84 valence electrons. The third-order valence-electron chi connectivity index (χ3n) is 2.25. The summed E-state index contributed by atoms with van der Waals surface area (Å²) in [4.78, 5) is 16.7. The van der Waals surface area contributed by atoms with Crippen LogP contribution in [0.4, 0.5) is 0 Å². The Balaban J connectivity index is 2.89. The van der Waals surface area contributed by atoms with E-state index in [-0.39, 0.29) is 5.88 Å². The van der Waals surface area contributed by atoms with Gasteiger partial charge >= 0.3 is 5.97 Å². The van der Waals surface area contributed by atoms with Gasteiger partial charge in [0, 0.05) is 0 Å². The van der Waals surface area contributed by atoms with E-state index in [9.17, 15) is 9.90 Å². The largest absolute Gasteiger partial charge is 0.492 e. The fourth-order valence-corrected chi connectivity index (χ4v) is 1.53. The van der Waals surface area contributed by atoms with Gasteiger partial charge in [-0.2, -0.15) is 0 Å². The summed E-state index contributed by atoms with van der Waals surface area (Å²) in [5.41, 5.74) is -0.580. The first kappa shape index (κ1) is 12.2. The van der Waals surface area contributed by atoms with E-state index in [0.29, 0.717) is 10.4 Å². The smallest absolute Gasteiger partial charge is 0.338 e. The molecule has 4 nitrogen and oxygen atoms in total. The Morgan fingerprint density at radius 2 is 2.33 bits per heavy atom. The molecule has 6 heteroatoms. The first-order chi connectivity index (χ1) is 6.88. The molecule has 1 aromatic heterocycles. The molecule has 1 rings (SSSR count). The average molecular weight is 247 g/mol. The van der Waals surface area contributed by atoms with Gasteiger partial charge in [-0.1, -0.05) is 6.92 Å². The van der Waals surface area contributed by atoms with Gasteiger partial charge in [0.2, 0.25) is 9.83 Å². The lowest BCUT2D eigenvalue weighted by Crippen LogP contribution is -2.32. The topological polar surface area (TPSA) is 51.5 Å². The third-order valence-corrected chi connectivity index (χ3v) is 3.40. The molecule has 0 bridgehead atoms. The predicted octanol–water partition coefficient (Wildman–Crippen LogP) is 2.38. The van der Waals surface area contributed by atoms with Crippen molar-refractivity contribution in [3.05, 3.63) is 9.33 Å². The number of carbonyl (C=O) groups is 1. The minimum atomic E-state index is -0.580. The normalized spacial score (nSPS) is 11.4. The summed E-state index contributed by atoms with van der Waals surface area (Å²) >= 11 is 6.04. The van der Waals surface area contributed by atoms with Crippen LogP contribution in [0.2, 0.25) is 0 Å². The lowest BCUT2D eigenvalue weighted by Gasteiger charge is -2.19. The standard InChI is InChI=1S/C9H13NO3S2/c1-4-9(2,3)7(12)13-10-6(11)5-15-8(10)14/h5,11H,4H2,1-3H3. The summed E-state index contributed by atoms with van der Waals surface area (Å²) in [7, 11) is 0. The molecule has 1 aromatic rings. The fraction of sp³-hybridized carbons (Fsp3) is 0.556. The van der Waals surface area contributed by atoms with Crippen LogP contribution in [0.5, 0.6) is 5.88 Å². The maximum atomic E-state index is 11.7. The molecule has 0 fully saturated rings. The van der Waals surface area contributed by atoms with Crippen molar-refractivity contribution in [1.29, 1.82) is 0 Å². The third kappa shape index (κ3) is 2.57. The van der Waals surface area contributed by atoms with Crippen molar-refractivity contribution < 1.29 is 14.7 Å². The molecule has 0 saturated heterocycles. The Morgan fingerprint density at radius 1 is 1.73 bits per heavy atom. The molecule has 0 atom stereocenters. The molecular weight excluding hydrogens is 234 g/mol. The highest BCUT2D eigenvalue weighted by atomic mass is 32.1. The summed E-state index contributed by atoms with van der Waals surface area (Å²) in [6, 6.07) is 0. The van der Waals surface area contributed by atoms with E-state index < -0.39 is 11.4 Å². The molecule has 0 unspecified atom stereocenters. The van der Waals surface area contributed by atoms with Crippen molar-refractivity contribution >= 4 is 29.5 Å². The van der Waals surface area contributed by atoms with E-state index in [1.165, 1.54) is 5.38 Å². The second kappa shape index (κ2) is 4.32. The summed E-state index contributed by atoms with van der Waals surface area (Å²) in [5.74, 6) is -0.556. The molecule has 0 amide bonds. The average Bonchev–Trinajstić information content (AvgIpc) is 2.49. The lowest BCUT2D eigenvalue weighted by atomic mass is 9.91. The lowest BCUT2D eigenvalue weighted by molar-refractivity contribution is -0.155. The van der Waals surface area contributed by atoms with Gasteiger partial charge in [0.15, 0.2) is 0 Å². The molecule has 15 heavy (non-hydrogen) atoms. The van der Waals surface area contributed by atoms with Crippen molar-refractivity contribution in [2.75, 3.05) is 0 Å². The number of thiazole rings is 1. The number of hydrogen-bond donors (Lipinski definition) is 1. The van der Waals surface area contributed by atoms with Crippen molar-refractivity contribution in [3.8, 4) is 5.88 Å². The maximum Gasteiger partial charge on any atom is 0.338 e. The Morgan fingerprint density at radius 3 is 2.73 bits per heavy atom. The van der Waals surface area contributed by atoms with Crippen LogP contribution < -0.4 is 4.84 Å². The van der Waals surface area contributed by atoms with Gasteiger partial charge in [-0.15, -0.1) is 16.1 Å². The van der Waals surface area contributed by atoms with E-state index in [1.807, 2.05) is 6.92 Å². The van der Waals surface area contributed by atoms with E-state index in [2.05, 4.69) is 0 Å². The van der Waals surface area contributed by atoms with Crippen LogP contribution in [0.15, 0.2) is 5.38 Å². The molecule has 1 N–H and O–H groups in total. The number of aromatic hydroxyl groups is 1. The highest BCUT2D eigenvalue weighted by molar-refractivity contribution is 7.73. The summed E-state index contributed by atoms with van der Waals surface area (Å²) in [6.07, 6.45) is 0.657. The van der Waals surface area contributed by atoms with Crippen LogP contribution in [0.25, 0.3) is 0 Å². The highest BCUT2D eigenvalue weighted by Gasteiger charge is 2.28. The molecule has 0 radical (unpaired) electrons. The van der Waals surface area contributed by atoms with Crippen molar-refractivity contribution in [3.63, 3.8) is 0 Å². The zero-order chi connectivity index (χ0) is 11.6. The summed E-state index contributed by atoms with van der Waals surface area (Å²) < 4.78 is 1.28. The second-order valence-electron chi connectivity index (χ2n) is 3.77. The van der Waals surface area contributed by atoms with Gasteiger partial charge in [0.1, 0.15) is 0 Å². The number of carbonyl (C=O) groups excluding carboxylic acids is 1. The Hall–Kier alpha value is -0.880. The molecule has 0 spiro atoms. The number of nitrogens with zero attached hydrogens (tertiary/aromatic N) is 1. The SMILES string of the molecule is CCC(C)(C)C(=O)On1c(O)csc1=S. The minimum Gasteiger partial charge on any atom is -0.492 e. The summed E-state index contributed by atoms with van der Waals surface area (Å²) in [6.45, 7) is 5.46. The molecule has 0 aliphatic carbocycles. The zero-order valence-corrected chi connectivity index (χ0v) is 10.4. The Bertz CT molecular complexity index is 419. The Labute approximate surface area is 97.1 Å². The van der Waals surface area contributed by atoms with Gasteiger partial charge in [-0.05, 0) is 32.5 Å². The van der Waals surface area contributed by atoms with Crippen LogP contribution in [0.1, 0.15) is 27.2 Å². The van der Waals surface area contributed by atoms with E-state index in [0.717, 1.165) is 16.1 Å². The van der Waals surface area contributed by atoms with Gasteiger partial charge in [0.05, 0.1) is 10.8 Å². The first-order valence-electron chi connectivity index (χ1n) is 4.50. The van der Waals surface area contributed by atoms with Crippen LogP contribution in [-0.2, 0) is 4.79 Å². The van der Waals surface area contributed by atoms with Gasteiger partial charge in [-0.25, -0.2) is 4.79 Å². The molecule has 0 aromatic carbocycles. The van der Waals surface area contributed by atoms with Crippen LogP contribution in [0, 0.1) is 9.37 Å². The minimum absolute atomic E-state index is 0.148. The maximum absolute atomic E-state index is 11.7. The Kier molecular flexibility index (Phi) is 3.51. The van der Waals surface area contributed by atoms with E-state index >= 15 is 0 Å². The number of hydrogen-bond acceptors (Lipinski definition) is 5. The molecule has 0 saturated carbocycles. The van der Waals surface area contributed by atoms with Crippen molar-refractivity contribution in [2.45, 2.75) is 27.2 Å². The first-order valence-corrected chi connectivity index (χ1v) is 5.79. The second-order valence-corrected chi connectivity index (χ2v) is 5.27. The van der Waals surface area contributed by atoms with Crippen LogP contribution in [-0.4, -0.2) is 15.8 Å². The summed E-state index contributed by atoms with van der Waals surface area (Å²) in [5, 5.41) is 10.8. The quantitative estimate of drug-likeness (QED) is 0.833. The van der Waals surface area contributed by atoms with Gasteiger partial charge < -0.3 is 9.94 Å². The molecule has 0 aliphatic rings. The zero-order valence-electron chi connectivity index (χ0n) is 8.81. The number of aromatic nitrogens is 1. The van der Waals surface area contributed by atoms with Gasteiger partial charge in [-0.3, -0.25) is 0 Å². The monoisotopic (exact) mass is 247 g/mol.